The van der Waals surface area contributed by atoms with Crippen LogP contribution in [0.4, 0.5) is 5.82 Å². The minimum atomic E-state index is -0.114. The number of pyridine rings is 1. The number of unbranched alkanes of at least 4 members (excludes halogenated alkanes) is 1. The minimum absolute atomic E-state index is 0. The fourth-order valence-electron chi connectivity index (χ4n) is 1.88. The third-order valence-electron chi connectivity index (χ3n) is 3.00. The van der Waals surface area contributed by atoms with E-state index < -0.39 is 0 Å². The number of anilines is 1. The van der Waals surface area contributed by atoms with Crippen LogP contribution in [0.5, 0.6) is 0 Å². The quantitative estimate of drug-likeness (QED) is 0.571. The van der Waals surface area contributed by atoms with E-state index in [2.05, 4.69) is 20.6 Å². The molecular formula is C15H23Cl2N5OS. The second-order valence-electron chi connectivity index (χ2n) is 4.77. The third kappa shape index (κ3) is 7.92. The molecule has 0 radical (unpaired) electrons. The summed E-state index contributed by atoms with van der Waals surface area (Å²) in [6.07, 6.45) is 4.35. The topological polar surface area (TPSA) is 92.9 Å². The van der Waals surface area contributed by atoms with Crippen molar-refractivity contribution in [2.24, 2.45) is 5.73 Å². The Morgan fingerprint density at radius 2 is 2.00 bits per heavy atom. The molecule has 2 aromatic rings. The largest absolute Gasteiger partial charge is 0.370 e. The van der Waals surface area contributed by atoms with Crippen molar-refractivity contribution >= 4 is 47.9 Å². The summed E-state index contributed by atoms with van der Waals surface area (Å²) in [7, 11) is 0. The first kappa shape index (κ1) is 22.6. The van der Waals surface area contributed by atoms with Crippen molar-refractivity contribution in [1.29, 1.82) is 0 Å². The number of carbonyl (C=O) groups is 1. The zero-order valence-corrected chi connectivity index (χ0v) is 15.7. The SMILES string of the molecule is Cl.Cl.NCCc1nc(C(=O)NCCCCNc2ccccn2)cs1. The van der Waals surface area contributed by atoms with Crippen LogP contribution in [0.3, 0.4) is 0 Å². The number of hydrogen-bond donors (Lipinski definition) is 3. The molecule has 4 N–H and O–H groups in total. The van der Waals surface area contributed by atoms with E-state index in [1.54, 1.807) is 11.6 Å². The molecule has 2 heterocycles. The number of thiazole rings is 1. The van der Waals surface area contributed by atoms with E-state index in [0.717, 1.165) is 36.6 Å². The van der Waals surface area contributed by atoms with E-state index in [-0.39, 0.29) is 30.7 Å². The molecule has 0 atom stereocenters. The highest BCUT2D eigenvalue weighted by Gasteiger charge is 2.09. The number of aromatic nitrogens is 2. The van der Waals surface area contributed by atoms with Gasteiger partial charge in [0, 0.05) is 31.1 Å². The smallest absolute Gasteiger partial charge is 0.270 e. The lowest BCUT2D eigenvalue weighted by Crippen LogP contribution is -2.25. The van der Waals surface area contributed by atoms with Crippen molar-refractivity contribution < 1.29 is 4.79 Å². The van der Waals surface area contributed by atoms with Crippen LogP contribution in [0.2, 0.25) is 0 Å². The highest BCUT2D eigenvalue weighted by atomic mass is 35.5. The van der Waals surface area contributed by atoms with Gasteiger partial charge in [0.15, 0.2) is 0 Å². The molecule has 0 aliphatic carbocycles. The Kier molecular flexibility index (Phi) is 12.2. The molecule has 134 valence electrons. The van der Waals surface area contributed by atoms with Crippen LogP contribution in [-0.4, -0.2) is 35.5 Å². The lowest BCUT2D eigenvalue weighted by molar-refractivity contribution is 0.0948. The summed E-state index contributed by atoms with van der Waals surface area (Å²) in [4.78, 5) is 20.3. The van der Waals surface area contributed by atoms with Crippen molar-refractivity contribution in [2.75, 3.05) is 25.0 Å². The van der Waals surface area contributed by atoms with Crippen LogP contribution in [-0.2, 0) is 6.42 Å². The van der Waals surface area contributed by atoms with E-state index in [0.29, 0.717) is 18.8 Å². The minimum Gasteiger partial charge on any atom is -0.370 e. The van der Waals surface area contributed by atoms with Gasteiger partial charge in [-0.1, -0.05) is 6.07 Å². The number of halogens is 2. The lowest BCUT2D eigenvalue weighted by Gasteiger charge is -2.05. The van der Waals surface area contributed by atoms with Gasteiger partial charge in [-0.2, -0.15) is 0 Å². The lowest BCUT2D eigenvalue weighted by atomic mass is 10.3. The molecule has 0 bridgehead atoms. The Morgan fingerprint density at radius 3 is 2.71 bits per heavy atom. The average molecular weight is 392 g/mol. The fourth-order valence-corrected chi connectivity index (χ4v) is 2.67. The summed E-state index contributed by atoms with van der Waals surface area (Å²) in [6, 6.07) is 5.77. The highest BCUT2D eigenvalue weighted by Crippen LogP contribution is 2.09. The molecule has 24 heavy (non-hydrogen) atoms. The maximum absolute atomic E-state index is 11.9. The number of carbonyl (C=O) groups excluding carboxylic acids is 1. The van der Waals surface area contributed by atoms with Crippen LogP contribution in [0, 0.1) is 0 Å². The summed E-state index contributed by atoms with van der Waals surface area (Å²) in [5.74, 6) is 0.763. The number of nitrogens with one attached hydrogen (secondary N) is 2. The maximum Gasteiger partial charge on any atom is 0.270 e. The summed E-state index contributed by atoms with van der Waals surface area (Å²) in [5, 5.41) is 8.81. The summed E-state index contributed by atoms with van der Waals surface area (Å²) < 4.78 is 0. The van der Waals surface area contributed by atoms with Gasteiger partial charge in [-0.15, -0.1) is 36.2 Å². The van der Waals surface area contributed by atoms with Gasteiger partial charge < -0.3 is 16.4 Å². The van der Waals surface area contributed by atoms with Gasteiger partial charge in [-0.05, 0) is 31.5 Å². The monoisotopic (exact) mass is 391 g/mol. The summed E-state index contributed by atoms with van der Waals surface area (Å²) >= 11 is 1.48. The zero-order chi connectivity index (χ0) is 15.6. The van der Waals surface area contributed by atoms with E-state index in [1.807, 2.05) is 18.2 Å². The average Bonchev–Trinajstić information content (AvgIpc) is 3.01. The first-order chi connectivity index (χ1) is 10.8. The first-order valence-electron chi connectivity index (χ1n) is 7.37. The predicted molar refractivity (Wildman–Crippen MR) is 104 cm³/mol. The molecule has 1 amide bonds. The van der Waals surface area contributed by atoms with Crippen LogP contribution in [0.25, 0.3) is 0 Å². The van der Waals surface area contributed by atoms with E-state index in [1.165, 1.54) is 11.3 Å². The Labute approximate surface area is 158 Å². The summed E-state index contributed by atoms with van der Waals surface area (Å²) in [5.41, 5.74) is 5.96. The summed E-state index contributed by atoms with van der Waals surface area (Å²) in [6.45, 7) is 2.04. The van der Waals surface area contributed by atoms with E-state index >= 15 is 0 Å². The van der Waals surface area contributed by atoms with Crippen molar-refractivity contribution in [1.82, 2.24) is 15.3 Å². The number of amides is 1. The number of rotatable bonds is 9. The number of nitrogens with two attached hydrogens (primary N) is 1. The van der Waals surface area contributed by atoms with Crippen molar-refractivity contribution in [2.45, 2.75) is 19.3 Å². The van der Waals surface area contributed by atoms with Gasteiger partial charge in [0.1, 0.15) is 11.5 Å². The molecule has 2 aromatic heterocycles. The Hall–Kier alpha value is -1.41. The van der Waals surface area contributed by atoms with Crippen LogP contribution >= 0.6 is 36.2 Å². The standard InChI is InChI=1S/C15H21N5OS.2ClH/c16-7-6-14-20-12(11-22-14)15(21)19-10-4-3-9-18-13-5-1-2-8-17-13;;/h1-2,5,8,11H,3-4,6-7,9-10,16H2,(H,17,18)(H,19,21);2*1H. The number of nitrogens with zero attached hydrogens (tertiary/aromatic N) is 2. The van der Waals surface area contributed by atoms with Gasteiger partial charge in [0.2, 0.25) is 0 Å². The molecular weight excluding hydrogens is 369 g/mol. The van der Waals surface area contributed by atoms with Crippen LogP contribution in [0.15, 0.2) is 29.8 Å². The predicted octanol–water partition coefficient (Wildman–Crippen LogP) is 2.51. The molecule has 0 aromatic carbocycles. The van der Waals surface area contributed by atoms with Crippen molar-refractivity contribution in [3.8, 4) is 0 Å². The van der Waals surface area contributed by atoms with Gasteiger partial charge in [-0.25, -0.2) is 9.97 Å². The zero-order valence-electron chi connectivity index (χ0n) is 13.2. The molecule has 0 fully saturated rings. The Morgan fingerprint density at radius 1 is 1.21 bits per heavy atom. The molecule has 0 unspecified atom stereocenters. The maximum atomic E-state index is 11.9. The Bertz CT molecular complexity index is 582. The number of hydrogen-bond acceptors (Lipinski definition) is 6. The molecule has 0 aliphatic rings. The molecule has 0 saturated carbocycles. The van der Waals surface area contributed by atoms with Gasteiger partial charge >= 0.3 is 0 Å². The van der Waals surface area contributed by atoms with Crippen LogP contribution < -0.4 is 16.4 Å². The molecule has 0 spiro atoms. The second kappa shape index (κ2) is 12.9. The normalized spacial score (nSPS) is 9.54. The highest BCUT2D eigenvalue weighted by molar-refractivity contribution is 7.09. The van der Waals surface area contributed by atoms with Gasteiger partial charge in [-0.3, -0.25) is 4.79 Å². The Balaban J connectivity index is 0.00000264. The van der Waals surface area contributed by atoms with Crippen molar-refractivity contribution in [3.05, 3.63) is 40.5 Å². The molecule has 9 heteroatoms. The molecule has 2 rings (SSSR count). The molecule has 0 aliphatic heterocycles. The molecule has 6 nitrogen and oxygen atoms in total. The van der Waals surface area contributed by atoms with Crippen LogP contribution in [0.1, 0.15) is 28.3 Å². The third-order valence-corrected chi connectivity index (χ3v) is 3.91. The van der Waals surface area contributed by atoms with Gasteiger partial charge in [0.25, 0.3) is 5.91 Å². The van der Waals surface area contributed by atoms with E-state index in [9.17, 15) is 4.79 Å². The first-order valence-corrected chi connectivity index (χ1v) is 8.25. The van der Waals surface area contributed by atoms with Crippen molar-refractivity contribution in [3.63, 3.8) is 0 Å². The van der Waals surface area contributed by atoms with E-state index in [4.69, 9.17) is 5.73 Å². The molecule has 0 saturated heterocycles. The second-order valence-corrected chi connectivity index (χ2v) is 5.71. The van der Waals surface area contributed by atoms with Gasteiger partial charge in [0.05, 0.1) is 5.01 Å². The fraction of sp³-hybridized carbons (Fsp3) is 0.400.